The van der Waals surface area contributed by atoms with Crippen LogP contribution in [0.1, 0.15) is 54.7 Å². The molecule has 1 aliphatic heterocycles. The maximum Gasteiger partial charge on any atom is 0.242 e. The maximum absolute atomic E-state index is 13.5. The molecule has 0 bridgehead atoms. The molecule has 0 spiro atoms. The Labute approximate surface area is 175 Å². The van der Waals surface area contributed by atoms with Gasteiger partial charge in [-0.1, -0.05) is 25.5 Å². The van der Waals surface area contributed by atoms with Crippen molar-refractivity contribution in [3.8, 4) is 0 Å². The molecule has 29 heavy (non-hydrogen) atoms. The van der Waals surface area contributed by atoms with E-state index >= 15 is 0 Å². The van der Waals surface area contributed by atoms with E-state index in [2.05, 4.69) is 18.4 Å². The van der Waals surface area contributed by atoms with E-state index in [1.807, 2.05) is 4.90 Å². The molecule has 4 rings (SSSR count). The lowest BCUT2D eigenvalue weighted by atomic mass is 9.93. The molecule has 1 atom stereocenters. The van der Waals surface area contributed by atoms with Crippen molar-refractivity contribution in [3.05, 3.63) is 57.5 Å². The number of amides is 2. The van der Waals surface area contributed by atoms with E-state index in [4.69, 9.17) is 0 Å². The second-order valence-electron chi connectivity index (χ2n) is 7.98. The van der Waals surface area contributed by atoms with Gasteiger partial charge in [0, 0.05) is 23.9 Å². The number of unbranched alkanes of at least 4 members (excludes halogenated alkanes) is 1. The summed E-state index contributed by atoms with van der Waals surface area (Å²) >= 11 is 1.71. The fraction of sp³-hybridized carbons (Fsp3) is 0.478. The number of hydrogen-bond acceptors (Lipinski definition) is 3. The Bertz CT molecular complexity index is 875. The number of benzene rings is 1. The van der Waals surface area contributed by atoms with E-state index in [1.165, 1.54) is 17.0 Å². The zero-order valence-corrected chi connectivity index (χ0v) is 17.6. The molecule has 4 nitrogen and oxygen atoms in total. The molecule has 1 fully saturated rings. The Balaban J connectivity index is 1.58. The van der Waals surface area contributed by atoms with Gasteiger partial charge in [0.05, 0.1) is 12.6 Å². The minimum absolute atomic E-state index is 0.0266. The molecule has 2 amide bonds. The first kappa shape index (κ1) is 20.1. The number of rotatable bonds is 7. The van der Waals surface area contributed by atoms with Crippen molar-refractivity contribution in [2.24, 2.45) is 5.92 Å². The summed E-state index contributed by atoms with van der Waals surface area (Å²) in [5.74, 6) is -0.0780. The monoisotopic (exact) mass is 414 g/mol. The predicted molar refractivity (Wildman–Crippen MR) is 112 cm³/mol. The minimum atomic E-state index is -0.284. The van der Waals surface area contributed by atoms with Crippen molar-refractivity contribution in [3.63, 3.8) is 0 Å². The smallest absolute Gasteiger partial charge is 0.242 e. The molecular formula is C23H27FN2O2S. The minimum Gasteiger partial charge on any atom is -0.333 e. The third-order valence-electron chi connectivity index (χ3n) is 5.82. The molecule has 2 aliphatic rings. The van der Waals surface area contributed by atoms with E-state index in [-0.39, 0.29) is 36.1 Å². The van der Waals surface area contributed by atoms with Crippen molar-refractivity contribution in [2.75, 3.05) is 19.6 Å². The molecule has 1 aromatic heterocycles. The Morgan fingerprint density at radius 1 is 1.21 bits per heavy atom. The van der Waals surface area contributed by atoms with E-state index in [0.717, 1.165) is 43.2 Å². The topological polar surface area (TPSA) is 40.6 Å². The van der Waals surface area contributed by atoms with Crippen molar-refractivity contribution >= 4 is 23.2 Å². The van der Waals surface area contributed by atoms with E-state index in [1.54, 1.807) is 28.4 Å². The van der Waals surface area contributed by atoms with Gasteiger partial charge < -0.3 is 9.80 Å². The number of carbonyl (C=O) groups is 2. The quantitative estimate of drug-likeness (QED) is 0.674. The summed E-state index contributed by atoms with van der Waals surface area (Å²) in [5.41, 5.74) is 2.03. The average molecular weight is 415 g/mol. The summed E-state index contributed by atoms with van der Waals surface area (Å²) in [4.78, 5) is 31.0. The van der Waals surface area contributed by atoms with Crippen LogP contribution in [0.2, 0.25) is 0 Å². The summed E-state index contributed by atoms with van der Waals surface area (Å²) in [6.45, 7) is 3.48. The summed E-state index contributed by atoms with van der Waals surface area (Å²) < 4.78 is 13.5. The number of hydrogen-bond donors (Lipinski definition) is 0. The van der Waals surface area contributed by atoms with Crippen LogP contribution in [0.3, 0.4) is 0 Å². The van der Waals surface area contributed by atoms with Gasteiger partial charge in [0.2, 0.25) is 11.8 Å². The van der Waals surface area contributed by atoms with Crippen LogP contribution in [0.5, 0.6) is 0 Å². The molecule has 1 aromatic carbocycles. The fourth-order valence-electron chi connectivity index (χ4n) is 4.05. The van der Waals surface area contributed by atoms with Crippen LogP contribution in [0.4, 0.5) is 4.39 Å². The zero-order chi connectivity index (χ0) is 20.4. The van der Waals surface area contributed by atoms with Crippen LogP contribution in [0.25, 0.3) is 0 Å². The molecule has 0 N–H and O–H groups in total. The van der Waals surface area contributed by atoms with Crippen LogP contribution >= 0.6 is 11.3 Å². The first-order valence-corrected chi connectivity index (χ1v) is 11.4. The van der Waals surface area contributed by atoms with Gasteiger partial charge in [0.1, 0.15) is 5.82 Å². The highest BCUT2D eigenvalue weighted by Crippen LogP contribution is 2.38. The molecule has 0 radical (unpaired) electrons. The van der Waals surface area contributed by atoms with Crippen molar-refractivity contribution in [2.45, 2.75) is 45.1 Å². The maximum atomic E-state index is 13.5. The Kier molecular flexibility index (Phi) is 5.99. The highest BCUT2D eigenvalue weighted by molar-refractivity contribution is 7.10. The van der Waals surface area contributed by atoms with Gasteiger partial charge in [-0.05, 0) is 60.4 Å². The number of thiophene rings is 1. The molecule has 154 valence electrons. The van der Waals surface area contributed by atoms with Crippen molar-refractivity contribution < 1.29 is 14.0 Å². The molecule has 2 heterocycles. The van der Waals surface area contributed by atoms with Crippen LogP contribution in [-0.2, 0) is 16.0 Å². The largest absolute Gasteiger partial charge is 0.333 e. The number of nitrogens with zero attached hydrogens (tertiary/aromatic N) is 2. The Hall–Kier alpha value is -2.21. The molecule has 6 heteroatoms. The Morgan fingerprint density at radius 3 is 2.66 bits per heavy atom. The summed E-state index contributed by atoms with van der Waals surface area (Å²) in [7, 11) is 0. The fourth-order valence-corrected chi connectivity index (χ4v) is 4.95. The molecule has 0 saturated heterocycles. The SMILES string of the molecule is CCCCN(CC(=O)N1CCc2sccc2[C@@H]1c1ccc(F)cc1)C(=O)C1CC1. The van der Waals surface area contributed by atoms with Crippen LogP contribution in [-0.4, -0.2) is 41.2 Å². The van der Waals surface area contributed by atoms with Crippen LogP contribution in [0, 0.1) is 11.7 Å². The standard InChI is InChI=1S/C23H27FN2O2S/c1-2-3-12-25(23(28)17-4-5-17)15-21(27)26-13-10-20-19(11-14-29-20)22(26)16-6-8-18(24)9-7-16/h6-9,11,14,17,22H,2-5,10,12-13,15H2,1H3/t22-/m0/s1. The highest BCUT2D eigenvalue weighted by Gasteiger charge is 2.37. The van der Waals surface area contributed by atoms with Gasteiger partial charge in [-0.2, -0.15) is 0 Å². The second kappa shape index (κ2) is 8.66. The predicted octanol–water partition coefficient (Wildman–Crippen LogP) is 4.40. The molecule has 1 saturated carbocycles. The lowest BCUT2D eigenvalue weighted by molar-refractivity contribution is -0.142. The number of carbonyl (C=O) groups excluding carboxylic acids is 2. The lowest BCUT2D eigenvalue weighted by Crippen LogP contribution is -2.47. The van der Waals surface area contributed by atoms with Crippen LogP contribution in [0.15, 0.2) is 35.7 Å². The third-order valence-corrected chi connectivity index (χ3v) is 6.81. The highest BCUT2D eigenvalue weighted by atomic mass is 32.1. The van der Waals surface area contributed by atoms with Gasteiger partial charge in [0.15, 0.2) is 0 Å². The van der Waals surface area contributed by atoms with Gasteiger partial charge in [-0.25, -0.2) is 4.39 Å². The number of halogens is 1. The van der Waals surface area contributed by atoms with Gasteiger partial charge >= 0.3 is 0 Å². The van der Waals surface area contributed by atoms with Crippen LogP contribution < -0.4 is 0 Å². The molecule has 0 unspecified atom stereocenters. The normalized spacial score (nSPS) is 18.4. The first-order valence-electron chi connectivity index (χ1n) is 10.5. The van der Waals surface area contributed by atoms with E-state index in [0.29, 0.717) is 13.1 Å². The summed E-state index contributed by atoms with van der Waals surface area (Å²) in [6.07, 6.45) is 4.60. The summed E-state index contributed by atoms with van der Waals surface area (Å²) in [6, 6.07) is 8.26. The zero-order valence-electron chi connectivity index (χ0n) is 16.8. The average Bonchev–Trinajstić information content (AvgIpc) is 3.47. The van der Waals surface area contributed by atoms with Gasteiger partial charge in [0.25, 0.3) is 0 Å². The number of fused-ring (bicyclic) bond motifs is 1. The lowest BCUT2D eigenvalue weighted by Gasteiger charge is -2.37. The van der Waals surface area contributed by atoms with E-state index < -0.39 is 0 Å². The first-order chi connectivity index (χ1) is 14.1. The molecule has 2 aromatic rings. The third kappa shape index (κ3) is 4.37. The van der Waals surface area contributed by atoms with Crippen molar-refractivity contribution in [1.82, 2.24) is 9.80 Å². The van der Waals surface area contributed by atoms with Crippen molar-refractivity contribution in [1.29, 1.82) is 0 Å². The second-order valence-corrected chi connectivity index (χ2v) is 8.98. The Morgan fingerprint density at radius 2 is 1.97 bits per heavy atom. The van der Waals surface area contributed by atoms with Gasteiger partial charge in [-0.3, -0.25) is 9.59 Å². The van der Waals surface area contributed by atoms with E-state index in [9.17, 15) is 14.0 Å². The summed E-state index contributed by atoms with van der Waals surface area (Å²) in [5, 5.41) is 2.05. The van der Waals surface area contributed by atoms with Gasteiger partial charge in [-0.15, -0.1) is 11.3 Å². The molecule has 1 aliphatic carbocycles. The molecular weight excluding hydrogens is 387 g/mol.